The largest absolute Gasteiger partial charge is 0.481 e. The molecule has 0 aromatic heterocycles. The standard InChI is InChI=1S/C19H33BN4O6/c1-16(2,3)28-15(27)24-11-13(19(12-24,14(25)26)22-23-21)9-8-10-20-29-17(4,5)18(6,7)30-20/h13H,8-12H2,1-7H3,(H,25,26). The van der Waals surface area contributed by atoms with Crippen LogP contribution < -0.4 is 0 Å². The molecule has 0 saturated carbocycles. The number of hydrogen-bond acceptors (Lipinski definition) is 6. The number of carbonyl (C=O) groups excluding carboxylic acids is 1. The van der Waals surface area contributed by atoms with Gasteiger partial charge in [-0.3, -0.25) is 4.79 Å². The van der Waals surface area contributed by atoms with E-state index in [0.717, 1.165) is 0 Å². The van der Waals surface area contributed by atoms with Gasteiger partial charge in [0.2, 0.25) is 0 Å². The molecule has 2 rings (SSSR count). The molecule has 2 unspecified atom stereocenters. The first-order valence-corrected chi connectivity index (χ1v) is 10.3. The molecule has 0 aliphatic carbocycles. The van der Waals surface area contributed by atoms with E-state index in [1.165, 1.54) is 4.90 Å². The number of carboxylic acids is 1. The maximum absolute atomic E-state index is 12.5. The highest BCUT2D eigenvalue weighted by Gasteiger charge is 2.54. The zero-order valence-electron chi connectivity index (χ0n) is 19.0. The second-order valence-electron chi connectivity index (χ2n) is 10.1. The van der Waals surface area contributed by atoms with Crippen LogP contribution in [0.15, 0.2) is 5.11 Å². The molecule has 1 N–H and O–H groups in total. The summed E-state index contributed by atoms with van der Waals surface area (Å²) in [5.41, 5.74) is 5.70. The Hall–Kier alpha value is -1.97. The van der Waals surface area contributed by atoms with Gasteiger partial charge in [0.15, 0.2) is 5.54 Å². The van der Waals surface area contributed by atoms with Crippen molar-refractivity contribution in [3.63, 3.8) is 0 Å². The number of likely N-dealkylation sites (tertiary alicyclic amines) is 1. The van der Waals surface area contributed by atoms with Gasteiger partial charge in [-0.25, -0.2) is 4.79 Å². The minimum absolute atomic E-state index is 0.142. The lowest BCUT2D eigenvalue weighted by Crippen LogP contribution is -2.45. The van der Waals surface area contributed by atoms with E-state index >= 15 is 0 Å². The predicted molar refractivity (Wildman–Crippen MR) is 111 cm³/mol. The van der Waals surface area contributed by atoms with Crippen LogP contribution in [0.2, 0.25) is 6.32 Å². The Morgan fingerprint density at radius 1 is 1.27 bits per heavy atom. The number of nitrogens with zero attached hydrogens (tertiary/aromatic N) is 4. The third-order valence-corrected chi connectivity index (χ3v) is 6.09. The first-order chi connectivity index (χ1) is 13.6. The molecule has 30 heavy (non-hydrogen) atoms. The van der Waals surface area contributed by atoms with Gasteiger partial charge in [-0.05, 0) is 66.7 Å². The zero-order chi connectivity index (χ0) is 23.0. The summed E-state index contributed by atoms with van der Waals surface area (Å²) < 4.78 is 17.3. The minimum atomic E-state index is -1.72. The van der Waals surface area contributed by atoms with Gasteiger partial charge in [0.25, 0.3) is 0 Å². The molecule has 2 aliphatic rings. The van der Waals surface area contributed by atoms with Crippen LogP contribution in [0.5, 0.6) is 0 Å². The smallest absolute Gasteiger partial charge is 0.457 e. The maximum atomic E-state index is 12.5. The molecule has 0 aromatic carbocycles. The highest BCUT2D eigenvalue weighted by Crippen LogP contribution is 2.40. The topological polar surface area (TPSA) is 134 Å². The first kappa shape index (κ1) is 24.3. The summed E-state index contributed by atoms with van der Waals surface area (Å²) in [5, 5.41) is 13.5. The number of aliphatic carboxylic acids is 1. The third-order valence-electron chi connectivity index (χ3n) is 6.09. The fourth-order valence-corrected chi connectivity index (χ4v) is 3.79. The van der Waals surface area contributed by atoms with Gasteiger partial charge < -0.3 is 24.1 Å². The van der Waals surface area contributed by atoms with E-state index < -0.39 is 47.4 Å². The Balaban J connectivity index is 2.09. The van der Waals surface area contributed by atoms with Gasteiger partial charge in [-0.15, -0.1) is 0 Å². The molecule has 2 heterocycles. The zero-order valence-corrected chi connectivity index (χ0v) is 19.0. The van der Waals surface area contributed by atoms with Crippen LogP contribution in [0, 0.1) is 5.92 Å². The average Bonchev–Trinajstić information content (AvgIpc) is 3.02. The summed E-state index contributed by atoms with van der Waals surface area (Å²) in [6.45, 7) is 13.0. The van der Waals surface area contributed by atoms with Crippen LogP contribution in [0.3, 0.4) is 0 Å². The van der Waals surface area contributed by atoms with Crippen molar-refractivity contribution in [1.82, 2.24) is 4.90 Å². The minimum Gasteiger partial charge on any atom is -0.481 e. The summed E-state index contributed by atoms with van der Waals surface area (Å²) in [7, 11) is -0.392. The first-order valence-electron chi connectivity index (χ1n) is 10.3. The SMILES string of the molecule is CC(C)(C)OC(=O)N1CC(CCCB2OC(C)(C)C(C)(C)O2)C(N=[N+]=[N-])(C(=O)O)C1. The maximum Gasteiger partial charge on any atom is 0.457 e. The Labute approximate surface area is 178 Å². The summed E-state index contributed by atoms with van der Waals surface area (Å²) >= 11 is 0. The fourth-order valence-electron chi connectivity index (χ4n) is 3.79. The Morgan fingerprint density at radius 3 is 2.30 bits per heavy atom. The summed E-state index contributed by atoms with van der Waals surface area (Å²) in [5.74, 6) is -1.78. The van der Waals surface area contributed by atoms with Crippen LogP contribution in [0.1, 0.15) is 61.3 Å². The Bertz CT molecular complexity index is 711. The number of carbonyl (C=O) groups is 2. The monoisotopic (exact) mass is 424 g/mol. The summed E-state index contributed by atoms with van der Waals surface area (Å²) in [4.78, 5) is 28.6. The summed E-state index contributed by atoms with van der Waals surface area (Å²) in [6, 6.07) is 0. The number of carboxylic acid groups (broad SMARTS) is 1. The van der Waals surface area contributed by atoms with Crippen LogP contribution in [0.25, 0.3) is 10.4 Å². The number of amides is 1. The number of ether oxygens (including phenoxy) is 1. The van der Waals surface area contributed by atoms with Crippen molar-refractivity contribution in [2.24, 2.45) is 11.0 Å². The Kier molecular flexibility index (Phi) is 6.71. The van der Waals surface area contributed by atoms with E-state index in [1.807, 2.05) is 27.7 Å². The van der Waals surface area contributed by atoms with E-state index in [9.17, 15) is 14.7 Å². The quantitative estimate of drug-likeness (QED) is 0.298. The number of rotatable bonds is 6. The molecule has 2 saturated heterocycles. The number of azide groups is 1. The van der Waals surface area contributed by atoms with Gasteiger partial charge in [-0.2, -0.15) is 0 Å². The third kappa shape index (κ3) is 5.02. The van der Waals surface area contributed by atoms with E-state index in [1.54, 1.807) is 20.8 Å². The van der Waals surface area contributed by atoms with Crippen molar-refractivity contribution in [3.05, 3.63) is 10.4 Å². The molecule has 2 fully saturated rings. The van der Waals surface area contributed by atoms with Gasteiger partial charge in [0.05, 0.1) is 11.2 Å². The molecule has 0 radical (unpaired) electrons. The molecule has 168 valence electrons. The second-order valence-corrected chi connectivity index (χ2v) is 10.1. The molecule has 0 aromatic rings. The van der Waals surface area contributed by atoms with Gasteiger partial charge >= 0.3 is 19.2 Å². The van der Waals surface area contributed by atoms with Crippen LogP contribution >= 0.6 is 0 Å². The molecule has 10 nitrogen and oxygen atoms in total. The molecule has 2 atom stereocenters. The van der Waals surface area contributed by atoms with Crippen molar-refractivity contribution >= 4 is 19.2 Å². The number of hydrogen-bond donors (Lipinski definition) is 1. The van der Waals surface area contributed by atoms with Crippen molar-refractivity contribution in [2.75, 3.05) is 13.1 Å². The molecular formula is C19H33BN4O6. The lowest BCUT2D eigenvalue weighted by molar-refractivity contribution is -0.144. The molecule has 11 heteroatoms. The van der Waals surface area contributed by atoms with Crippen LogP contribution in [-0.4, -0.2) is 64.6 Å². The van der Waals surface area contributed by atoms with Crippen molar-refractivity contribution in [2.45, 2.75) is 90.0 Å². The van der Waals surface area contributed by atoms with Crippen LogP contribution in [0.4, 0.5) is 4.79 Å². The molecule has 0 spiro atoms. The Morgan fingerprint density at radius 2 is 1.83 bits per heavy atom. The second kappa shape index (κ2) is 8.28. The van der Waals surface area contributed by atoms with E-state index in [-0.39, 0.29) is 13.1 Å². The lowest BCUT2D eigenvalue weighted by Gasteiger charge is -2.32. The fraction of sp³-hybridized carbons (Fsp3) is 0.895. The lowest BCUT2D eigenvalue weighted by atomic mass is 9.78. The van der Waals surface area contributed by atoms with Gasteiger partial charge in [-0.1, -0.05) is 11.5 Å². The van der Waals surface area contributed by atoms with E-state index in [2.05, 4.69) is 10.0 Å². The van der Waals surface area contributed by atoms with E-state index in [4.69, 9.17) is 19.6 Å². The van der Waals surface area contributed by atoms with Crippen molar-refractivity contribution in [3.8, 4) is 0 Å². The molecular weight excluding hydrogens is 391 g/mol. The van der Waals surface area contributed by atoms with Crippen molar-refractivity contribution < 1.29 is 28.7 Å². The molecule has 1 amide bonds. The van der Waals surface area contributed by atoms with Gasteiger partial charge in [0, 0.05) is 23.9 Å². The summed E-state index contributed by atoms with van der Waals surface area (Å²) in [6.07, 6.45) is 0.991. The predicted octanol–water partition coefficient (Wildman–Crippen LogP) is 3.86. The average molecular weight is 424 g/mol. The van der Waals surface area contributed by atoms with E-state index in [0.29, 0.717) is 19.2 Å². The molecule has 0 bridgehead atoms. The highest BCUT2D eigenvalue weighted by atomic mass is 16.7. The van der Waals surface area contributed by atoms with Crippen LogP contribution in [-0.2, 0) is 18.8 Å². The normalized spacial score (nSPS) is 27.6. The highest BCUT2D eigenvalue weighted by molar-refractivity contribution is 6.45. The van der Waals surface area contributed by atoms with Gasteiger partial charge in [0.1, 0.15) is 5.60 Å². The van der Waals surface area contributed by atoms with Crippen molar-refractivity contribution in [1.29, 1.82) is 0 Å². The molecule has 2 aliphatic heterocycles.